The highest BCUT2D eigenvalue weighted by Gasteiger charge is 2.13. The Bertz CT molecular complexity index is 529. The molecule has 0 N–H and O–H groups in total. The quantitative estimate of drug-likeness (QED) is 0.803. The van der Waals surface area contributed by atoms with Crippen LogP contribution >= 0.6 is 0 Å². The second-order valence-electron chi connectivity index (χ2n) is 3.81. The van der Waals surface area contributed by atoms with Gasteiger partial charge in [-0.1, -0.05) is 37.3 Å². The molecule has 0 aliphatic heterocycles. The van der Waals surface area contributed by atoms with Crippen LogP contribution < -0.4 is 0 Å². The van der Waals surface area contributed by atoms with Crippen molar-refractivity contribution < 1.29 is 0 Å². The minimum atomic E-state index is 0.228. The standard InChI is InChI=1S/C14H13N3/c1-2-13(11-6-4-3-5-7-11)14-8-12(9-15)16-10-17-14/h3-8,10,13H,2H2,1H3/t13-/m0/s1. The van der Waals surface area contributed by atoms with Crippen LogP contribution in [-0.2, 0) is 0 Å². The van der Waals surface area contributed by atoms with Crippen LogP contribution in [0.15, 0.2) is 42.7 Å². The predicted molar refractivity (Wildman–Crippen MR) is 65.3 cm³/mol. The van der Waals surface area contributed by atoms with Gasteiger partial charge in [0.2, 0.25) is 0 Å². The summed E-state index contributed by atoms with van der Waals surface area (Å²) in [4.78, 5) is 8.17. The Labute approximate surface area is 101 Å². The van der Waals surface area contributed by atoms with E-state index in [0.29, 0.717) is 5.69 Å². The number of nitrogens with zero attached hydrogens (tertiary/aromatic N) is 3. The Morgan fingerprint density at radius 3 is 2.65 bits per heavy atom. The number of aromatic nitrogens is 2. The molecule has 0 amide bonds. The minimum Gasteiger partial charge on any atom is -0.241 e. The highest BCUT2D eigenvalue weighted by molar-refractivity contribution is 5.31. The van der Waals surface area contributed by atoms with Gasteiger partial charge < -0.3 is 0 Å². The third kappa shape index (κ3) is 2.48. The molecule has 0 saturated heterocycles. The molecule has 0 bridgehead atoms. The first-order valence-corrected chi connectivity index (χ1v) is 5.62. The molecule has 1 heterocycles. The smallest absolute Gasteiger partial charge is 0.144 e. The van der Waals surface area contributed by atoms with Crippen LogP contribution in [-0.4, -0.2) is 9.97 Å². The topological polar surface area (TPSA) is 49.6 Å². The largest absolute Gasteiger partial charge is 0.241 e. The summed E-state index contributed by atoms with van der Waals surface area (Å²) in [5.74, 6) is 0.228. The van der Waals surface area contributed by atoms with E-state index < -0.39 is 0 Å². The fourth-order valence-electron chi connectivity index (χ4n) is 1.93. The van der Waals surface area contributed by atoms with Gasteiger partial charge in [-0.3, -0.25) is 0 Å². The molecule has 1 atom stereocenters. The molecule has 0 aliphatic rings. The maximum atomic E-state index is 8.85. The minimum absolute atomic E-state index is 0.228. The molecule has 17 heavy (non-hydrogen) atoms. The number of hydrogen-bond acceptors (Lipinski definition) is 3. The first-order chi connectivity index (χ1) is 8.35. The summed E-state index contributed by atoms with van der Waals surface area (Å²) in [7, 11) is 0. The fraction of sp³-hybridized carbons (Fsp3) is 0.214. The van der Waals surface area contributed by atoms with E-state index in [1.54, 1.807) is 6.07 Å². The second-order valence-corrected chi connectivity index (χ2v) is 3.81. The summed E-state index contributed by atoms with van der Waals surface area (Å²) in [6.45, 7) is 2.12. The van der Waals surface area contributed by atoms with Gasteiger partial charge in [0.15, 0.2) is 0 Å². The zero-order chi connectivity index (χ0) is 12.1. The Kier molecular flexibility index (Phi) is 3.46. The molecular weight excluding hydrogens is 210 g/mol. The Balaban J connectivity index is 2.39. The average Bonchev–Trinajstić information content (AvgIpc) is 2.41. The molecular formula is C14H13N3. The van der Waals surface area contributed by atoms with Crippen molar-refractivity contribution in [3.8, 4) is 6.07 Å². The van der Waals surface area contributed by atoms with Crippen molar-refractivity contribution in [2.75, 3.05) is 0 Å². The van der Waals surface area contributed by atoms with E-state index in [0.717, 1.165) is 12.1 Å². The Morgan fingerprint density at radius 1 is 1.24 bits per heavy atom. The van der Waals surface area contributed by atoms with Gasteiger partial charge in [-0.2, -0.15) is 5.26 Å². The summed E-state index contributed by atoms with van der Waals surface area (Å²) in [5, 5.41) is 8.85. The van der Waals surface area contributed by atoms with E-state index in [2.05, 4.69) is 29.0 Å². The lowest BCUT2D eigenvalue weighted by atomic mass is 9.93. The third-order valence-electron chi connectivity index (χ3n) is 2.77. The predicted octanol–water partition coefficient (Wildman–Crippen LogP) is 2.89. The molecule has 0 fully saturated rings. The van der Waals surface area contributed by atoms with E-state index in [-0.39, 0.29) is 5.92 Å². The van der Waals surface area contributed by atoms with Gasteiger partial charge in [-0.25, -0.2) is 9.97 Å². The SMILES string of the molecule is CC[C@@H](c1ccccc1)c1cc(C#N)ncn1. The zero-order valence-corrected chi connectivity index (χ0v) is 9.67. The van der Waals surface area contributed by atoms with E-state index in [1.807, 2.05) is 24.3 Å². The number of benzene rings is 1. The maximum absolute atomic E-state index is 8.85. The zero-order valence-electron chi connectivity index (χ0n) is 9.67. The van der Waals surface area contributed by atoms with Gasteiger partial charge >= 0.3 is 0 Å². The molecule has 3 heteroatoms. The molecule has 1 aromatic heterocycles. The van der Waals surface area contributed by atoms with Crippen molar-refractivity contribution in [3.63, 3.8) is 0 Å². The maximum Gasteiger partial charge on any atom is 0.144 e. The van der Waals surface area contributed by atoms with E-state index >= 15 is 0 Å². The molecule has 0 spiro atoms. The van der Waals surface area contributed by atoms with Crippen molar-refractivity contribution in [1.29, 1.82) is 5.26 Å². The van der Waals surface area contributed by atoms with Crippen LogP contribution in [0.2, 0.25) is 0 Å². The van der Waals surface area contributed by atoms with Gasteiger partial charge in [-0.05, 0) is 18.1 Å². The lowest BCUT2D eigenvalue weighted by Crippen LogP contribution is -2.03. The fourth-order valence-corrected chi connectivity index (χ4v) is 1.93. The second kappa shape index (κ2) is 5.22. The number of nitriles is 1. The highest BCUT2D eigenvalue weighted by atomic mass is 14.8. The summed E-state index contributed by atoms with van der Waals surface area (Å²) < 4.78 is 0. The van der Waals surface area contributed by atoms with Gasteiger partial charge in [-0.15, -0.1) is 0 Å². The van der Waals surface area contributed by atoms with Crippen LogP contribution in [0, 0.1) is 11.3 Å². The normalized spacial score (nSPS) is 11.8. The van der Waals surface area contributed by atoms with Gasteiger partial charge in [0.1, 0.15) is 18.1 Å². The van der Waals surface area contributed by atoms with Crippen LogP contribution in [0.1, 0.15) is 36.2 Å². The lowest BCUT2D eigenvalue weighted by Gasteiger charge is -2.14. The molecule has 1 aromatic carbocycles. The highest BCUT2D eigenvalue weighted by Crippen LogP contribution is 2.25. The monoisotopic (exact) mass is 223 g/mol. The van der Waals surface area contributed by atoms with Crippen molar-refractivity contribution in [2.45, 2.75) is 19.3 Å². The molecule has 0 radical (unpaired) electrons. The van der Waals surface area contributed by atoms with Gasteiger partial charge in [0, 0.05) is 5.92 Å². The molecule has 2 aromatic rings. The Morgan fingerprint density at radius 2 is 2.00 bits per heavy atom. The lowest BCUT2D eigenvalue weighted by molar-refractivity contribution is 0.743. The number of rotatable bonds is 3. The summed E-state index contributed by atoms with van der Waals surface area (Å²) in [5.41, 5.74) is 2.55. The van der Waals surface area contributed by atoms with Crippen molar-refractivity contribution >= 4 is 0 Å². The van der Waals surface area contributed by atoms with E-state index in [1.165, 1.54) is 11.9 Å². The van der Waals surface area contributed by atoms with Crippen LogP contribution in [0.25, 0.3) is 0 Å². The van der Waals surface area contributed by atoms with Gasteiger partial charge in [0.05, 0.1) is 5.69 Å². The van der Waals surface area contributed by atoms with Crippen LogP contribution in [0.5, 0.6) is 0 Å². The molecule has 3 nitrogen and oxygen atoms in total. The molecule has 0 saturated carbocycles. The van der Waals surface area contributed by atoms with Crippen molar-refractivity contribution in [3.05, 3.63) is 59.7 Å². The Hall–Kier alpha value is -2.21. The molecule has 2 rings (SSSR count). The van der Waals surface area contributed by atoms with Crippen LogP contribution in [0.4, 0.5) is 0 Å². The van der Waals surface area contributed by atoms with Gasteiger partial charge in [0.25, 0.3) is 0 Å². The number of hydrogen-bond donors (Lipinski definition) is 0. The summed E-state index contributed by atoms with van der Waals surface area (Å²) in [6.07, 6.45) is 2.41. The van der Waals surface area contributed by atoms with Crippen LogP contribution in [0.3, 0.4) is 0 Å². The third-order valence-corrected chi connectivity index (χ3v) is 2.77. The summed E-state index contributed by atoms with van der Waals surface area (Å²) >= 11 is 0. The summed E-state index contributed by atoms with van der Waals surface area (Å²) in [6, 6.07) is 14.0. The first-order valence-electron chi connectivity index (χ1n) is 5.62. The van der Waals surface area contributed by atoms with E-state index in [4.69, 9.17) is 5.26 Å². The molecule has 0 unspecified atom stereocenters. The molecule has 84 valence electrons. The molecule has 0 aliphatic carbocycles. The van der Waals surface area contributed by atoms with Crippen molar-refractivity contribution in [1.82, 2.24) is 9.97 Å². The van der Waals surface area contributed by atoms with Crippen molar-refractivity contribution in [2.24, 2.45) is 0 Å². The first kappa shape index (κ1) is 11.3. The average molecular weight is 223 g/mol. The van der Waals surface area contributed by atoms with E-state index in [9.17, 15) is 0 Å².